The van der Waals surface area contributed by atoms with E-state index in [4.69, 9.17) is 26.8 Å². The van der Waals surface area contributed by atoms with Gasteiger partial charge in [0.25, 0.3) is 0 Å². The van der Waals surface area contributed by atoms with Crippen LogP contribution in [0, 0.1) is 0 Å². The van der Waals surface area contributed by atoms with Crippen LogP contribution in [-0.4, -0.2) is 62.8 Å². The summed E-state index contributed by atoms with van der Waals surface area (Å²) < 4.78 is 11.1. The van der Waals surface area contributed by atoms with Crippen LogP contribution in [0.15, 0.2) is 12.1 Å². The number of rotatable bonds is 7. The van der Waals surface area contributed by atoms with Crippen LogP contribution in [0.4, 0.5) is 0 Å². The number of methoxy groups -OCH3 is 1. The zero-order chi connectivity index (χ0) is 16.8. The molecule has 1 atom stereocenters. The average molecular weight is 342 g/mol. The van der Waals surface area contributed by atoms with Crippen molar-refractivity contribution in [2.24, 2.45) is 5.73 Å². The molecule has 1 saturated heterocycles. The van der Waals surface area contributed by atoms with Gasteiger partial charge < -0.3 is 20.1 Å². The Bertz CT molecular complexity index is 505. The molecular weight excluding hydrogens is 314 g/mol. The quantitative estimate of drug-likeness (QED) is 0.825. The molecule has 0 aromatic heterocycles. The molecule has 1 heterocycles. The summed E-state index contributed by atoms with van der Waals surface area (Å²) >= 11 is 6.38. The fourth-order valence-electron chi connectivity index (χ4n) is 3.13. The molecule has 2 rings (SSSR count). The molecule has 1 unspecified atom stereocenters. The predicted octanol–water partition coefficient (Wildman–Crippen LogP) is 2.38. The second-order valence-corrected chi connectivity index (χ2v) is 6.10. The van der Waals surface area contributed by atoms with Crippen molar-refractivity contribution in [3.8, 4) is 11.5 Å². The van der Waals surface area contributed by atoms with Gasteiger partial charge in [0.05, 0.1) is 18.7 Å². The molecule has 0 amide bonds. The van der Waals surface area contributed by atoms with E-state index in [0.717, 1.165) is 38.3 Å². The lowest BCUT2D eigenvalue weighted by Gasteiger charge is -2.39. The Kier molecular flexibility index (Phi) is 6.96. The Morgan fingerprint density at radius 2 is 1.91 bits per heavy atom. The van der Waals surface area contributed by atoms with Gasteiger partial charge in [-0.2, -0.15) is 0 Å². The normalized spacial score (nSPS) is 18.0. The largest absolute Gasteiger partial charge is 0.491 e. The number of hydrogen-bond acceptors (Lipinski definition) is 5. The number of likely N-dealkylation sites (N-methyl/N-ethyl adjacent to an activating group) is 1. The van der Waals surface area contributed by atoms with Crippen LogP contribution < -0.4 is 15.2 Å². The van der Waals surface area contributed by atoms with Crippen molar-refractivity contribution in [2.75, 3.05) is 53.0 Å². The van der Waals surface area contributed by atoms with Gasteiger partial charge in [0, 0.05) is 38.8 Å². The summed E-state index contributed by atoms with van der Waals surface area (Å²) in [7, 11) is 1.60. The second kappa shape index (κ2) is 8.73. The molecule has 5 nitrogen and oxygen atoms in total. The summed E-state index contributed by atoms with van der Waals surface area (Å²) in [4.78, 5) is 4.89. The highest BCUT2D eigenvalue weighted by molar-refractivity contribution is 6.32. The minimum absolute atomic E-state index is 0.150. The molecule has 23 heavy (non-hydrogen) atoms. The fourth-order valence-corrected chi connectivity index (χ4v) is 3.42. The molecule has 1 aromatic rings. The van der Waals surface area contributed by atoms with Gasteiger partial charge in [-0.25, -0.2) is 0 Å². The van der Waals surface area contributed by atoms with Crippen molar-refractivity contribution >= 4 is 11.6 Å². The summed E-state index contributed by atoms with van der Waals surface area (Å²) in [5, 5.41) is 0.569. The molecule has 0 bridgehead atoms. The number of nitrogens with two attached hydrogens (primary N) is 1. The van der Waals surface area contributed by atoms with Gasteiger partial charge in [-0.1, -0.05) is 18.5 Å². The Morgan fingerprint density at radius 1 is 1.22 bits per heavy atom. The monoisotopic (exact) mass is 341 g/mol. The number of halogens is 1. The molecule has 0 saturated carbocycles. The van der Waals surface area contributed by atoms with Gasteiger partial charge in [-0.3, -0.25) is 4.90 Å². The molecule has 0 radical (unpaired) electrons. The first-order valence-electron chi connectivity index (χ1n) is 8.31. The highest BCUT2D eigenvalue weighted by atomic mass is 35.5. The Hall–Kier alpha value is -1.01. The number of hydrogen-bond donors (Lipinski definition) is 1. The minimum Gasteiger partial charge on any atom is -0.491 e. The lowest BCUT2D eigenvalue weighted by atomic mass is 10.0. The van der Waals surface area contributed by atoms with Gasteiger partial charge in [-0.15, -0.1) is 0 Å². The van der Waals surface area contributed by atoms with E-state index in [0.29, 0.717) is 29.7 Å². The van der Waals surface area contributed by atoms with Crippen molar-refractivity contribution in [2.45, 2.75) is 19.9 Å². The predicted molar refractivity (Wildman–Crippen MR) is 94.7 cm³/mol. The highest BCUT2D eigenvalue weighted by Gasteiger charge is 2.25. The Morgan fingerprint density at radius 3 is 2.43 bits per heavy atom. The highest BCUT2D eigenvalue weighted by Crippen LogP contribution is 2.38. The summed E-state index contributed by atoms with van der Waals surface area (Å²) in [6.07, 6.45) is 0. The fraction of sp³-hybridized carbons (Fsp3) is 0.647. The first-order chi connectivity index (χ1) is 11.1. The van der Waals surface area contributed by atoms with Gasteiger partial charge in [0.1, 0.15) is 0 Å². The third kappa shape index (κ3) is 4.29. The summed E-state index contributed by atoms with van der Waals surface area (Å²) in [5.74, 6) is 1.27. The molecular formula is C17H28ClN3O2. The van der Waals surface area contributed by atoms with Crippen LogP contribution in [0.25, 0.3) is 0 Å². The van der Waals surface area contributed by atoms with E-state index in [9.17, 15) is 0 Å². The lowest BCUT2D eigenvalue weighted by molar-refractivity contribution is 0.102. The number of benzene rings is 1. The standard InChI is InChI=1S/C17H28ClN3O2/c1-4-20-6-8-21(9-7-20)15(12-19)13-10-14(18)17(22-3)16(11-13)23-5-2/h10-11,15H,4-9,12,19H2,1-3H3. The molecule has 6 heteroatoms. The van der Waals surface area contributed by atoms with E-state index in [1.54, 1.807) is 7.11 Å². The van der Waals surface area contributed by atoms with E-state index >= 15 is 0 Å². The Balaban J connectivity index is 2.24. The van der Waals surface area contributed by atoms with Crippen LogP contribution in [-0.2, 0) is 0 Å². The van der Waals surface area contributed by atoms with Gasteiger partial charge >= 0.3 is 0 Å². The van der Waals surface area contributed by atoms with Gasteiger partial charge in [0.2, 0.25) is 0 Å². The first kappa shape index (κ1) is 18.3. The van der Waals surface area contributed by atoms with E-state index in [1.165, 1.54) is 0 Å². The molecule has 0 aliphatic carbocycles. The Labute approximate surface area is 144 Å². The maximum absolute atomic E-state index is 6.38. The smallest absolute Gasteiger partial charge is 0.179 e. The van der Waals surface area contributed by atoms with E-state index < -0.39 is 0 Å². The van der Waals surface area contributed by atoms with Crippen molar-refractivity contribution in [1.82, 2.24) is 9.80 Å². The number of nitrogens with zero attached hydrogens (tertiary/aromatic N) is 2. The van der Waals surface area contributed by atoms with Crippen molar-refractivity contribution in [3.63, 3.8) is 0 Å². The van der Waals surface area contributed by atoms with Gasteiger partial charge in [-0.05, 0) is 31.2 Å². The molecule has 2 N–H and O–H groups in total. The number of piperazine rings is 1. The van der Waals surface area contributed by atoms with Crippen LogP contribution >= 0.6 is 11.6 Å². The SMILES string of the molecule is CCOc1cc(C(CN)N2CCN(CC)CC2)cc(Cl)c1OC. The molecule has 1 aromatic carbocycles. The molecule has 0 spiro atoms. The third-order valence-corrected chi connectivity index (χ3v) is 4.72. The zero-order valence-corrected chi connectivity index (χ0v) is 15.1. The summed E-state index contributed by atoms with van der Waals surface area (Å²) in [6, 6.07) is 4.11. The van der Waals surface area contributed by atoms with E-state index in [2.05, 4.69) is 16.7 Å². The van der Waals surface area contributed by atoms with Gasteiger partial charge in [0.15, 0.2) is 11.5 Å². The van der Waals surface area contributed by atoms with Crippen molar-refractivity contribution < 1.29 is 9.47 Å². The van der Waals surface area contributed by atoms with Crippen LogP contribution in [0.1, 0.15) is 25.5 Å². The minimum atomic E-state index is 0.150. The lowest BCUT2D eigenvalue weighted by Crippen LogP contribution is -2.48. The molecule has 1 fully saturated rings. The zero-order valence-electron chi connectivity index (χ0n) is 14.3. The molecule has 1 aliphatic rings. The number of ether oxygens (including phenoxy) is 2. The van der Waals surface area contributed by atoms with Crippen molar-refractivity contribution in [1.29, 1.82) is 0 Å². The second-order valence-electron chi connectivity index (χ2n) is 5.69. The van der Waals surface area contributed by atoms with Crippen LogP contribution in [0.2, 0.25) is 5.02 Å². The maximum Gasteiger partial charge on any atom is 0.179 e. The topological polar surface area (TPSA) is 51.0 Å². The van der Waals surface area contributed by atoms with Crippen LogP contribution in [0.5, 0.6) is 11.5 Å². The van der Waals surface area contributed by atoms with Crippen molar-refractivity contribution in [3.05, 3.63) is 22.7 Å². The average Bonchev–Trinajstić information content (AvgIpc) is 2.56. The van der Waals surface area contributed by atoms with E-state index in [-0.39, 0.29) is 6.04 Å². The first-order valence-corrected chi connectivity index (χ1v) is 8.69. The maximum atomic E-state index is 6.38. The van der Waals surface area contributed by atoms with E-state index in [1.807, 2.05) is 19.1 Å². The van der Waals surface area contributed by atoms with Crippen LogP contribution in [0.3, 0.4) is 0 Å². The summed E-state index contributed by atoms with van der Waals surface area (Å²) in [5.41, 5.74) is 7.17. The third-order valence-electron chi connectivity index (χ3n) is 4.44. The molecule has 130 valence electrons. The summed E-state index contributed by atoms with van der Waals surface area (Å²) in [6.45, 7) is 10.6. The molecule has 1 aliphatic heterocycles.